The zero-order valence-corrected chi connectivity index (χ0v) is 10.3. The molecule has 0 aromatic carbocycles. The van der Waals surface area contributed by atoms with Gasteiger partial charge in [0.2, 0.25) is 0 Å². The topological polar surface area (TPSA) is 34.2 Å². The summed E-state index contributed by atoms with van der Waals surface area (Å²) in [5, 5.41) is 3.93. The molecule has 1 saturated heterocycles. The van der Waals surface area contributed by atoms with Crippen molar-refractivity contribution in [3.8, 4) is 0 Å². The van der Waals surface area contributed by atoms with Gasteiger partial charge in [0.1, 0.15) is 5.15 Å². The van der Waals surface area contributed by atoms with E-state index in [1.807, 2.05) is 12.1 Å². The number of halogens is 1. The van der Waals surface area contributed by atoms with E-state index >= 15 is 0 Å². The van der Waals surface area contributed by atoms with Crippen LogP contribution in [0.3, 0.4) is 0 Å². The summed E-state index contributed by atoms with van der Waals surface area (Å²) in [7, 11) is 0. The summed E-state index contributed by atoms with van der Waals surface area (Å²) in [6.07, 6.45) is 4.10. The lowest BCUT2D eigenvalue weighted by Gasteiger charge is -2.23. The maximum Gasteiger partial charge on any atom is 0.129 e. The first kappa shape index (κ1) is 11.8. The average Bonchev–Trinajstić information content (AvgIpc) is 2.69. The molecule has 2 rings (SSSR count). The van der Waals surface area contributed by atoms with E-state index in [1.165, 1.54) is 6.42 Å². The number of hydrogen-bond donors (Lipinski definition) is 1. The van der Waals surface area contributed by atoms with Crippen LogP contribution in [0, 0.1) is 0 Å². The molecule has 16 heavy (non-hydrogen) atoms. The van der Waals surface area contributed by atoms with Crippen LogP contribution in [-0.4, -0.2) is 23.7 Å². The quantitative estimate of drug-likeness (QED) is 0.821. The van der Waals surface area contributed by atoms with Gasteiger partial charge in [-0.3, -0.25) is 0 Å². The van der Waals surface area contributed by atoms with Crippen LogP contribution in [0.15, 0.2) is 18.3 Å². The van der Waals surface area contributed by atoms with Crippen molar-refractivity contribution in [3.05, 3.63) is 29.0 Å². The third kappa shape index (κ3) is 3.17. The van der Waals surface area contributed by atoms with Crippen LogP contribution in [0.25, 0.3) is 0 Å². The summed E-state index contributed by atoms with van der Waals surface area (Å²) < 4.78 is 5.70. The van der Waals surface area contributed by atoms with Gasteiger partial charge in [-0.1, -0.05) is 17.7 Å². The van der Waals surface area contributed by atoms with E-state index in [1.54, 1.807) is 6.20 Å². The Morgan fingerprint density at radius 2 is 2.44 bits per heavy atom. The first-order valence-electron chi connectivity index (χ1n) is 5.63. The molecule has 0 aliphatic carbocycles. The molecule has 0 radical (unpaired) electrons. The molecule has 88 valence electrons. The highest BCUT2D eigenvalue weighted by atomic mass is 35.5. The van der Waals surface area contributed by atoms with Gasteiger partial charge < -0.3 is 10.1 Å². The van der Waals surface area contributed by atoms with Gasteiger partial charge in [0, 0.05) is 25.9 Å². The average molecular weight is 241 g/mol. The summed E-state index contributed by atoms with van der Waals surface area (Å²) in [4.78, 5) is 4.04. The fraction of sp³-hybridized carbons (Fsp3) is 0.583. The molecule has 0 spiro atoms. The van der Waals surface area contributed by atoms with Crippen LogP contribution in [0.2, 0.25) is 5.15 Å². The largest absolute Gasteiger partial charge is 0.374 e. The molecule has 1 N–H and O–H groups in total. The van der Waals surface area contributed by atoms with Crippen LogP contribution < -0.4 is 5.32 Å². The van der Waals surface area contributed by atoms with Gasteiger partial charge in [-0.2, -0.15) is 0 Å². The predicted octanol–water partition coefficient (Wildman–Crippen LogP) is 2.39. The normalized spacial score (nSPS) is 24.9. The number of nitrogens with one attached hydrogen (secondary N) is 1. The van der Waals surface area contributed by atoms with Crippen molar-refractivity contribution in [1.82, 2.24) is 10.3 Å². The second-order valence-corrected chi connectivity index (χ2v) is 4.88. The Hall–Kier alpha value is -0.640. The molecule has 0 saturated carbocycles. The zero-order chi connectivity index (χ0) is 11.4. The van der Waals surface area contributed by atoms with Crippen molar-refractivity contribution in [2.75, 3.05) is 13.2 Å². The third-order valence-corrected chi connectivity index (χ3v) is 3.14. The Morgan fingerprint density at radius 1 is 1.56 bits per heavy atom. The molecule has 4 heteroatoms. The molecule has 1 fully saturated rings. The maximum absolute atomic E-state index is 5.72. The number of aromatic nitrogens is 1. The fourth-order valence-electron chi connectivity index (χ4n) is 1.96. The van der Waals surface area contributed by atoms with E-state index in [4.69, 9.17) is 16.3 Å². The lowest BCUT2D eigenvalue weighted by atomic mass is 10.0. The molecule has 1 aromatic rings. The van der Waals surface area contributed by atoms with Crippen molar-refractivity contribution in [1.29, 1.82) is 0 Å². The van der Waals surface area contributed by atoms with Crippen LogP contribution in [-0.2, 0) is 11.3 Å². The van der Waals surface area contributed by atoms with Crippen LogP contribution in [0.5, 0.6) is 0 Å². The number of rotatable bonds is 4. The number of ether oxygens (including phenoxy) is 1. The van der Waals surface area contributed by atoms with Crippen molar-refractivity contribution in [3.63, 3.8) is 0 Å². The Kier molecular flexibility index (Phi) is 3.79. The van der Waals surface area contributed by atoms with Crippen molar-refractivity contribution >= 4 is 11.6 Å². The summed E-state index contributed by atoms with van der Waals surface area (Å²) in [6, 6.07) is 3.80. The fourth-order valence-corrected chi connectivity index (χ4v) is 2.07. The maximum atomic E-state index is 5.72. The van der Waals surface area contributed by atoms with Gasteiger partial charge in [-0.05, 0) is 31.4 Å². The van der Waals surface area contributed by atoms with Crippen LogP contribution >= 0.6 is 11.6 Å². The van der Waals surface area contributed by atoms with E-state index in [-0.39, 0.29) is 5.60 Å². The number of pyridine rings is 1. The minimum absolute atomic E-state index is 0.0137. The molecule has 1 aromatic heterocycles. The first-order chi connectivity index (χ1) is 7.68. The number of hydrogen-bond acceptors (Lipinski definition) is 3. The highest BCUT2D eigenvalue weighted by molar-refractivity contribution is 6.29. The van der Waals surface area contributed by atoms with Crippen molar-refractivity contribution < 1.29 is 4.74 Å². The summed E-state index contributed by atoms with van der Waals surface area (Å²) in [5.41, 5.74) is 1.16. The summed E-state index contributed by atoms with van der Waals surface area (Å²) >= 11 is 5.72. The Balaban J connectivity index is 1.77. The molecule has 3 nitrogen and oxygen atoms in total. The third-order valence-electron chi connectivity index (χ3n) is 2.92. The molecular weight excluding hydrogens is 224 g/mol. The molecular formula is C12H17ClN2O. The van der Waals surface area contributed by atoms with Gasteiger partial charge in [0.25, 0.3) is 0 Å². The number of nitrogens with zero attached hydrogens (tertiary/aromatic N) is 1. The smallest absolute Gasteiger partial charge is 0.129 e. The van der Waals surface area contributed by atoms with Crippen molar-refractivity contribution in [2.24, 2.45) is 0 Å². The van der Waals surface area contributed by atoms with Gasteiger partial charge in [-0.25, -0.2) is 4.98 Å². The molecule has 1 unspecified atom stereocenters. The van der Waals surface area contributed by atoms with Crippen LogP contribution in [0.4, 0.5) is 0 Å². The Bertz CT molecular complexity index is 333. The zero-order valence-electron chi connectivity index (χ0n) is 9.50. The SMILES string of the molecule is CC1(CNCc2ccc(Cl)nc2)CCCO1. The first-order valence-corrected chi connectivity index (χ1v) is 6.01. The molecule has 1 atom stereocenters. The van der Waals surface area contributed by atoms with Gasteiger partial charge in [-0.15, -0.1) is 0 Å². The summed E-state index contributed by atoms with van der Waals surface area (Å²) in [6.45, 7) is 4.74. The monoisotopic (exact) mass is 240 g/mol. The Morgan fingerprint density at radius 3 is 3.06 bits per heavy atom. The van der Waals surface area contributed by atoms with Crippen molar-refractivity contribution in [2.45, 2.75) is 31.9 Å². The molecule has 1 aliphatic heterocycles. The van der Waals surface area contributed by atoms with E-state index in [9.17, 15) is 0 Å². The van der Waals surface area contributed by atoms with E-state index in [2.05, 4.69) is 17.2 Å². The molecule has 0 amide bonds. The second kappa shape index (κ2) is 5.13. The minimum atomic E-state index is 0.0137. The van der Waals surface area contributed by atoms with E-state index < -0.39 is 0 Å². The molecule has 0 bridgehead atoms. The molecule has 2 heterocycles. The van der Waals surface area contributed by atoms with Crippen LogP contribution in [0.1, 0.15) is 25.3 Å². The molecule has 1 aliphatic rings. The lowest BCUT2D eigenvalue weighted by molar-refractivity contribution is 0.0207. The Labute approximate surface area is 101 Å². The van der Waals surface area contributed by atoms with E-state index in [0.29, 0.717) is 5.15 Å². The van der Waals surface area contributed by atoms with Gasteiger partial charge in [0.15, 0.2) is 0 Å². The van der Waals surface area contributed by atoms with E-state index in [0.717, 1.165) is 31.7 Å². The second-order valence-electron chi connectivity index (χ2n) is 4.49. The summed E-state index contributed by atoms with van der Waals surface area (Å²) in [5.74, 6) is 0. The van der Waals surface area contributed by atoms with Gasteiger partial charge in [0.05, 0.1) is 5.60 Å². The highest BCUT2D eigenvalue weighted by Gasteiger charge is 2.28. The predicted molar refractivity (Wildman–Crippen MR) is 64.5 cm³/mol. The standard InChI is InChI=1S/C12H17ClN2O/c1-12(5-2-6-16-12)9-14-7-10-3-4-11(13)15-8-10/h3-4,8,14H,2,5-7,9H2,1H3. The highest BCUT2D eigenvalue weighted by Crippen LogP contribution is 2.23. The van der Waals surface area contributed by atoms with Gasteiger partial charge >= 0.3 is 0 Å². The minimum Gasteiger partial charge on any atom is -0.374 e. The lowest BCUT2D eigenvalue weighted by Crippen LogP contribution is -2.36.